The molecule has 0 atom stereocenters. The number of benzene rings is 1. The molecule has 0 unspecified atom stereocenters. The molecule has 1 aromatic carbocycles. The number of rotatable bonds is 6. The zero-order valence-electron chi connectivity index (χ0n) is 16.1. The summed E-state index contributed by atoms with van der Waals surface area (Å²) in [6, 6.07) is 14.6. The standard InChI is InChI=1S/C21H27N5O/c1-24(14-17-6-8-19(27-2)9-7-17)15-18-16-26-20(23-18)4-3-5-21(26)25-12-10-22-11-13-25/h3-9,16,22H,10-15H2,1-2H3. The largest absolute Gasteiger partial charge is 0.497 e. The monoisotopic (exact) mass is 365 g/mol. The number of methoxy groups -OCH3 is 1. The van der Waals surface area contributed by atoms with Crippen molar-refractivity contribution in [3.05, 3.63) is 59.9 Å². The molecular weight excluding hydrogens is 338 g/mol. The van der Waals surface area contributed by atoms with Gasteiger partial charge >= 0.3 is 0 Å². The van der Waals surface area contributed by atoms with Crippen LogP contribution in [0.1, 0.15) is 11.3 Å². The molecule has 6 nitrogen and oxygen atoms in total. The summed E-state index contributed by atoms with van der Waals surface area (Å²) in [4.78, 5) is 9.55. The Morgan fingerprint density at radius 1 is 1.07 bits per heavy atom. The van der Waals surface area contributed by atoms with Crippen LogP contribution < -0.4 is 15.0 Å². The number of imidazole rings is 1. The highest BCUT2D eigenvalue weighted by atomic mass is 16.5. The Morgan fingerprint density at radius 2 is 1.85 bits per heavy atom. The van der Waals surface area contributed by atoms with Crippen molar-refractivity contribution in [1.29, 1.82) is 0 Å². The number of nitrogens with zero attached hydrogens (tertiary/aromatic N) is 4. The van der Waals surface area contributed by atoms with E-state index in [2.05, 4.69) is 63.1 Å². The van der Waals surface area contributed by atoms with E-state index in [1.807, 2.05) is 12.1 Å². The van der Waals surface area contributed by atoms with Crippen molar-refractivity contribution in [2.45, 2.75) is 13.1 Å². The first-order chi connectivity index (χ1) is 13.2. The molecule has 0 amide bonds. The van der Waals surface area contributed by atoms with Gasteiger partial charge in [-0.25, -0.2) is 4.98 Å². The van der Waals surface area contributed by atoms with E-state index < -0.39 is 0 Å². The fourth-order valence-electron chi connectivity index (χ4n) is 3.65. The number of ether oxygens (including phenoxy) is 1. The number of hydrogen-bond acceptors (Lipinski definition) is 5. The Bertz CT molecular complexity index is 883. The summed E-state index contributed by atoms with van der Waals surface area (Å²) in [5.74, 6) is 2.12. The molecule has 27 heavy (non-hydrogen) atoms. The van der Waals surface area contributed by atoms with Crippen molar-refractivity contribution in [2.75, 3.05) is 45.2 Å². The zero-order chi connectivity index (χ0) is 18.6. The third-order valence-corrected chi connectivity index (χ3v) is 5.00. The molecule has 1 aliphatic heterocycles. The van der Waals surface area contributed by atoms with Crippen LogP contribution in [0.25, 0.3) is 5.65 Å². The van der Waals surface area contributed by atoms with Gasteiger partial charge in [-0.3, -0.25) is 9.30 Å². The zero-order valence-corrected chi connectivity index (χ0v) is 16.1. The van der Waals surface area contributed by atoms with E-state index in [0.717, 1.165) is 56.4 Å². The maximum absolute atomic E-state index is 5.23. The van der Waals surface area contributed by atoms with Crippen LogP contribution in [0.2, 0.25) is 0 Å². The van der Waals surface area contributed by atoms with Gasteiger partial charge in [-0.05, 0) is 36.9 Å². The highest BCUT2D eigenvalue weighted by Gasteiger charge is 2.15. The first-order valence-electron chi connectivity index (χ1n) is 9.47. The molecule has 0 radical (unpaired) electrons. The van der Waals surface area contributed by atoms with Gasteiger partial charge in [0.05, 0.1) is 12.8 Å². The van der Waals surface area contributed by atoms with Gasteiger partial charge in [0, 0.05) is 45.5 Å². The molecule has 3 aromatic rings. The van der Waals surface area contributed by atoms with Crippen LogP contribution in [-0.2, 0) is 13.1 Å². The quantitative estimate of drug-likeness (QED) is 0.727. The Kier molecular flexibility index (Phi) is 5.27. The van der Waals surface area contributed by atoms with E-state index >= 15 is 0 Å². The van der Waals surface area contributed by atoms with Crippen molar-refractivity contribution < 1.29 is 4.74 Å². The normalized spacial score (nSPS) is 14.9. The minimum absolute atomic E-state index is 0.814. The molecule has 6 heteroatoms. The van der Waals surface area contributed by atoms with Crippen molar-refractivity contribution in [2.24, 2.45) is 0 Å². The molecule has 142 valence electrons. The summed E-state index contributed by atoms with van der Waals surface area (Å²) in [6.45, 7) is 5.82. The highest BCUT2D eigenvalue weighted by Crippen LogP contribution is 2.19. The summed E-state index contributed by atoms with van der Waals surface area (Å²) < 4.78 is 7.45. The summed E-state index contributed by atoms with van der Waals surface area (Å²) in [5.41, 5.74) is 3.37. The second-order valence-electron chi connectivity index (χ2n) is 7.10. The third kappa shape index (κ3) is 4.07. The number of fused-ring (bicyclic) bond motifs is 1. The maximum Gasteiger partial charge on any atom is 0.138 e. The lowest BCUT2D eigenvalue weighted by molar-refractivity contribution is 0.315. The lowest BCUT2D eigenvalue weighted by Gasteiger charge is -2.29. The van der Waals surface area contributed by atoms with Crippen LogP contribution in [-0.4, -0.2) is 54.6 Å². The number of hydrogen-bond donors (Lipinski definition) is 1. The van der Waals surface area contributed by atoms with Gasteiger partial charge in [-0.1, -0.05) is 18.2 Å². The predicted molar refractivity (Wildman–Crippen MR) is 108 cm³/mol. The minimum Gasteiger partial charge on any atom is -0.497 e. The Balaban J connectivity index is 1.48. The first kappa shape index (κ1) is 17.8. The van der Waals surface area contributed by atoms with Crippen LogP contribution in [0.5, 0.6) is 5.75 Å². The predicted octanol–water partition coefficient (Wildman–Crippen LogP) is 2.38. The van der Waals surface area contributed by atoms with Crippen molar-refractivity contribution >= 4 is 11.5 Å². The number of anilines is 1. The Labute approximate surface area is 160 Å². The van der Waals surface area contributed by atoms with Crippen LogP contribution in [0.3, 0.4) is 0 Å². The fraction of sp³-hybridized carbons (Fsp3) is 0.381. The summed E-state index contributed by atoms with van der Waals surface area (Å²) in [5, 5.41) is 3.41. The summed E-state index contributed by atoms with van der Waals surface area (Å²) in [7, 11) is 3.82. The van der Waals surface area contributed by atoms with E-state index in [4.69, 9.17) is 9.72 Å². The van der Waals surface area contributed by atoms with Crippen molar-refractivity contribution in [1.82, 2.24) is 19.6 Å². The van der Waals surface area contributed by atoms with Gasteiger partial charge < -0.3 is 15.0 Å². The molecule has 0 bridgehead atoms. The lowest BCUT2D eigenvalue weighted by atomic mass is 10.2. The first-order valence-corrected chi connectivity index (χ1v) is 9.47. The molecule has 0 saturated carbocycles. The van der Waals surface area contributed by atoms with E-state index in [1.165, 1.54) is 11.4 Å². The van der Waals surface area contributed by atoms with Crippen LogP contribution in [0, 0.1) is 0 Å². The summed E-state index contributed by atoms with van der Waals surface area (Å²) >= 11 is 0. The molecule has 1 aliphatic rings. The van der Waals surface area contributed by atoms with Crippen LogP contribution in [0.15, 0.2) is 48.7 Å². The second kappa shape index (κ2) is 7.98. The fourth-order valence-corrected chi connectivity index (χ4v) is 3.65. The van der Waals surface area contributed by atoms with E-state index in [0.29, 0.717) is 0 Å². The molecule has 3 heterocycles. The highest BCUT2D eigenvalue weighted by molar-refractivity contribution is 5.52. The van der Waals surface area contributed by atoms with Gasteiger partial charge in [-0.2, -0.15) is 0 Å². The van der Waals surface area contributed by atoms with Gasteiger partial charge in [0.2, 0.25) is 0 Å². The summed E-state index contributed by atoms with van der Waals surface area (Å²) in [6.07, 6.45) is 2.18. The number of aromatic nitrogens is 2. The number of piperazine rings is 1. The molecule has 0 aliphatic carbocycles. The van der Waals surface area contributed by atoms with E-state index in [1.54, 1.807) is 7.11 Å². The van der Waals surface area contributed by atoms with Crippen LogP contribution >= 0.6 is 0 Å². The molecule has 1 fully saturated rings. The average Bonchev–Trinajstić information content (AvgIpc) is 3.11. The SMILES string of the molecule is COc1ccc(CN(C)Cc2cn3c(N4CCNCC4)cccc3n2)cc1. The Hall–Kier alpha value is -2.57. The topological polar surface area (TPSA) is 45.0 Å². The maximum atomic E-state index is 5.23. The Morgan fingerprint density at radius 3 is 2.59 bits per heavy atom. The molecular formula is C21H27N5O. The average molecular weight is 365 g/mol. The number of nitrogens with one attached hydrogen (secondary N) is 1. The van der Waals surface area contributed by atoms with Gasteiger partial charge in [-0.15, -0.1) is 0 Å². The van der Waals surface area contributed by atoms with E-state index in [9.17, 15) is 0 Å². The second-order valence-corrected chi connectivity index (χ2v) is 7.10. The van der Waals surface area contributed by atoms with Crippen molar-refractivity contribution in [3.8, 4) is 5.75 Å². The molecule has 2 aromatic heterocycles. The minimum atomic E-state index is 0.814. The van der Waals surface area contributed by atoms with Gasteiger partial charge in [0.1, 0.15) is 17.2 Å². The van der Waals surface area contributed by atoms with Crippen LogP contribution in [0.4, 0.5) is 5.82 Å². The third-order valence-electron chi connectivity index (χ3n) is 5.00. The molecule has 0 spiro atoms. The lowest BCUT2D eigenvalue weighted by Crippen LogP contribution is -2.44. The smallest absolute Gasteiger partial charge is 0.138 e. The van der Waals surface area contributed by atoms with E-state index in [-0.39, 0.29) is 0 Å². The molecule has 1 N–H and O–H groups in total. The molecule has 1 saturated heterocycles. The number of pyridine rings is 1. The molecule has 4 rings (SSSR count). The van der Waals surface area contributed by atoms with Gasteiger partial charge in [0.25, 0.3) is 0 Å². The van der Waals surface area contributed by atoms with Crippen molar-refractivity contribution in [3.63, 3.8) is 0 Å². The van der Waals surface area contributed by atoms with Gasteiger partial charge in [0.15, 0.2) is 0 Å².